The fourth-order valence-corrected chi connectivity index (χ4v) is 4.57. The van der Waals surface area contributed by atoms with Gasteiger partial charge in [0.15, 0.2) is 0 Å². The molecule has 4 aromatic rings. The molecule has 0 radical (unpaired) electrons. The van der Waals surface area contributed by atoms with Crippen molar-refractivity contribution < 1.29 is 0 Å². The Morgan fingerprint density at radius 2 is 1.70 bits per heavy atom. The Hall–Kier alpha value is -2.62. The van der Waals surface area contributed by atoms with E-state index in [1.807, 2.05) is 18.1 Å². The van der Waals surface area contributed by atoms with Crippen LogP contribution in [-0.4, -0.2) is 19.3 Å². The van der Waals surface area contributed by atoms with Crippen molar-refractivity contribution in [3.63, 3.8) is 0 Å². The second kappa shape index (κ2) is 6.44. The SMILES string of the molecule is Cn1cc2c(CC(C)(C)c3ccc4c(c3)ncn4C3CC3)cc(C(C)(C)C)cc2n1. The van der Waals surface area contributed by atoms with Crippen LogP contribution < -0.4 is 0 Å². The highest BCUT2D eigenvalue weighted by atomic mass is 15.2. The van der Waals surface area contributed by atoms with Gasteiger partial charge in [0.2, 0.25) is 0 Å². The molecule has 0 amide bonds. The zero-order valence-electron chi connectivity index (χ0n) is 19.0. The second-order valence-corrected chi connectivity index (χ2v) is 10.8. The maximum Gasteiger partial charge on any atom is 0.0960 e. The van der Waals surface area contributed by atoms with Gasteiger partial charge in [-0.3, -0.25) is 4.68 Å². The molecule has 0 atom stereocenters. The van der Waals surface area contributed by atoms with Crippen LogP contribution in [0.1, 0.15) is 70.2 Å². The van der Waals surface area contributed by atoms with Crippen molar-refractivity contribution in [2.75, 3.05) is 0 Å². The van der Waals surface area contributed by atoms with E-state index < -0.39 is 0 Å². The minimum atomic E-state index is -0.00315. The van der Waals surface area contributed by atoms with Crippen LogP contribution in [0, 0.1) is 0 Å². The molecule has 1 fully saturated rings. The second-order valence-electron chi connectivity index (χ2n) is 10.8. The summed E-state index contributed by atoms with van der Waals surface area (Å²) in [5, 5.41) is 5.98. The molecule has 0 aliphatic heterocycles. The van der Waals surface area contributed by atoms with Gasteiger partial charge in [-0.15, -0.1) is 0 Å². The summed E-state index contributed by atoms with van der Waals surface area (Å²) in [6, 6.07) is 12.2. The summed E-state index contributed by atoms with van der Waals surface area (Å²) in [6.07, 6.45) is 7.71. The van der Waals surface area contributed by atoms with E-state index in [0.717, 1.165) is 17.5 Å². The third kappa shape index (κ3) is 3.32. The van der Waals surface area contributed by atoms with E-state index >= 15 is 0 Å². The Bertz CT molecular complexity index is 1250. The molecule has 5 rings (SSSR count). The predicted molar refractivity (Wildman–Crippen MR) is 124 cm³/mol. The van der Waals surface area contributed by atoms with Gasteiger partial charge in [0, 0.05) is 24.7 Å². The summed E-state index contributed by atoms with van der Waals surface area (Å²) in [6.45, 7) is 11.5. The van der Waals surface area contributed by atoms with Crippen LogP contribution in [0.2, 0.25) is 0 Å². The van der Waals surface area contributed by atoms with Gasteiger partial charge in [-0.2, -0.15) is 5.10 Å². The first kappa shape index (κ1) is 19.3. The van der Waals surface area contributed by atoms with E-state index in [-0.39, 0.29) is 10.8 Å². The molecule has 0 bridgehead atoms. The first-order chi connectivity index (χ1) is 14.1. The Morgan fingerprint density at radius 3 is 2.40 bits per heavy atom. The number of fused-ring (bicyclic) bond motifs is 2. The van der Waals surface area contributed by atoms with Gasteiger partial charge in [-0.1, -0.05) is 46.8 Å². The fraction of sp³-hybridized carbons (Fsp3) is 0.462. The largest absolute Gasteiger partial charge is 0.327 e. The van der Waals surface area contributed by atoms with Gasteiger partial charge in [0.1, 0.15) is 0 Å². The van der Waals surface area contributed by atoms with Crippen LogP contribution in [0.4, 0.5) is 0 Å². The summed E-state index contributed by atoms with van der Waals surface area (Å²) < 4.78 is 4.28. The number of hydrogen-bond donors (Lipinski definition) is 0. The number of aryl methyl sites for hydroxylation is 1. The van der Waals surface area contributed by atoms with Gasteiger partial charge >= 0.3 is 0 Å². The van der Waals surface area contributed by atoms with Crippen LogP contribution in [-0.2, 0) is 24.3 Å². The topological polar surface area (TPSA) is 35.6 Å². The number of benzene rings is 2. The molecule has 30 heavy (non-hydrogen) atoms. The Kier molecular flexibility index (Phi) is 4.15. The van der Waals surface area contributed by atoms with Crippen molar-refractivity contribution in [3.8, 4) is 0 Å². The third-order valence-electron chi connectivity index (χ3n) is 6.62. The first-order valence-electron chi connectivity index (χ1n) is 11.1. The molecular weight excluding hydrogens is 368 g/mol. The molecule has 1 saturated carbocycles. The number of imidazole rings is 1. The molecule has 156 valence electrons. The number of aromatic nitrogens is 4. The highest BCUT2D eigenvalue weighted by molar-refractivity contribution is 5.83. The van der Waals surface area contributed by atoms with Crippen molar-refractivity contribution in [2.45, 2.75) is 70.8 Å². The van der Waals surface area contributed by atoms with Gasteiger partial charge in [-0.25, -0.2) is 4.98 Å². The lowest BCUT2D eigenvalue weighted by Crippen LogP contribution is -2.21. The highest BCUT2D eigenvalue weighted by Crippen LogP contribution is 2.39. The summed E-state index contributed by atoms with van der Waals surface area (Å²) >= 11 is 0. The van der Waals surface area contributed by atoms with E-state index in [0.29, 0.717) is 6.04 Å². The highest BCUT2D eigenvalue weighted by Gasteiger charge is 2.27. The Morgan fingerprint density at radius 1 is 0.967 bits per heavy atom. The van der Waals surface area contributed by atoms with Gasteiger partial charge in [0.25, 0.3) is 0 Å². The average molecular weight is 401 g/mol. The maximum absolute atomic E-state index is 4.72. The molecule has 1 aliphatic carbocycles. The summed E-state index contributed by atoms with van der Waals surface area (Å²) in [4.78, 5) is 4.71. The van der Waals surface area contributed by atoms with Crippen LogP contribution in [0.15, 0.2) is 42.9 Å². The standard InChI is InChI=1S/C26H32N4/c1-25(2,3)19-11-17(21-15-29(6)28-22(21)13-19)14-26(4,5)18-7-10-24-23(12-18)27-16-30(24)20-8-9-20/h7,10-13,15-16,20H,8-9,14H2,1-6H3. The normalized spacial score (nSPS) is 15.4. The lowest BCUT2D eigenvalue weighted by molar-refractivity contribution is 0.522. The molecule has 2 heterocycles. The first-order valence-corrected chi connectivity index (χ1v) is 11.1. The van der Waals surface area contributed by atoms with Crippen LogP contribution in [0.5, 0.6) is 0 Å². The van der Waals surface area contributed by atoms with E-state index in [2.05, 4.69) is 75.7 Å². The predicted octanol–water partition coefficient (Wildman–Crippen LogP) is 6.08. The average Bonchev–Trinajstić information content (AvgIpc) is 3.29. The van der Waals surface area contributed by atoms with Crippen LogP contribution in [0.3, 0.4) is 0 Å². The number of rotatable bonds is 4. The molecule has 2 aromatic carbocycles. The minimum Gasteiger partial charge on any atom is -0.327 e. The van der Waals surface area contributed by atoms with Crippen molar-refractivity contribution in [3.05, 3.63) is 59.5 Å². The number of hydrogen-bond acceptors (Lipinski definition) is 2. The number of nitrogens with zero attached hydrogens (tertiary/aromatic N) is 4. The smallest absolute Gasteiger partial charge is 0.0960 e. The van der Waals surface area contributed by atoms with E-state index in [9.17, 15) is 0 Å². The molecule has 0 saturated heterocycles. The van der Waals surface area contributed by atoms with Gasteiger partial charge in [0.05, 0.1) is 22.9 Å². The van der Waals surface area contributed by atoms with E-state index in [4.69, 9.17) is 10.1 Å². The van der Waals surface area contributed by atoms with Crippen LogP contribution >= 0.6 is 0 Å². The lowest BCUT2D eigenvalue weighted by Gasteiger charge is -2.27. The Balaban J connectivity index is 1.55. The van der Waals surface area contributed by atoms with Gasteiger partial charge in [-0.05, 0) is 65.0 Å². The fourth-order valence-electron chi connectivity index (χ4n) is 4.57. The van der Waals surface area contributed by atoms with E-state index in [1.54, 1.807) is 0 Å². The zero-order valence-corrected chi connectivity index (χ0v) is 19.0. The minimum absolute atomic E-state index is 0.00315. The maximum atomic E-state index is 4.72. The van der Waals surface area contributed by atoms with Crippen LogP contribution in [0.25, 0.3) is 21.9 Å². The summed E-state index contributed by atoms with van der Waals surface area (Å²) in [7, 11) is 2.01. The molecule has 0 N–H and O–H groups in total. The molecule has 2 aromatic heterocycles. The molecule has 4 heteroatoms. The molecule has 0 spiro atoms. The zero-order chi connectivity index (χ0) is 21.3. The van der Waals surface area contributed by atoms with Crippen molar-refractivity contribution in [1.82, 2.24) is 19.3 Å². The Labute approximate surface area is 178 Å². The quantitative estimate of drug-likeness (QED) is 0.416. The monoisotopic (exact) mass is 400 g/mol. The third-order valence-corrected chi connectivity index (χ3v) is 6.62. The molecular formula is C26H32N4. The molecule has 1 aliphatic rings. The van der Waals surface area contributed by atoms with Gasteiger partial charge < -0.3 is 4.57 Å². The van der Waals surface area contributed by atoms with Crippen molar-refractivity contribution in [2.24, 2.45) is 7.05 Å². The van der Waals surface area contributed by atoms with Crippen molar-refractivity contribution >= 4 is 21.9 Å². The van der Waals surface area contributed by atoms with E-state index in [1.165, 1.54) is 40.4 Å². The summed E-state index contributed by atoms with van der Waals surface area (Å²) in [5.41, 5.74) is 7.63. The van der Waals surface area contributed by atoms with Crippen molar-refractivity contribution in [1.29, 1.82) is 0 Å². The molecule has 4 nitrogen and oxygen atoms in total. The lowest BCUT2D eigenvalue weighted by atomic mass is 9.77. The molecule has 0 unspecified atom stereocenters. The summed E-state index contributed by atoms with van der Waals surface area (Å²) in [5.74, 6) is 0.